The minimum Gasteiger partial charge on any atom is -0.298 e. The van der Waals surface area contributed by atoms with Crippen LogP contribution in [0.25, 0.3) is 11.6 Å². The molecule has 0 N–H and O–H groups in total. The van der Waals surface area contributed by atoms with Gasteiger partial charge >= 0.3 is 0 Å². The molecule has 0 unspecified atom stereocenters. The summed E-state index contributed by atoms with van der Waals surface area (Å²) in [4.78, 5) is 12.8. The van der Waals surface area contributed by atoms with Crippen LogP contribution >= 0.6 is 23.5 Å². The molecule has 196 valence electrons. The van der Waals surface area contributed by atoms with Crippen LogP contribution < -0.4 is 0 Å². The largest absolute Gasteiger partial charge is 0.298 e. The fourth-order valence-electron chi connectivity index (χ4n) is 4.80. The highest BCUT2D eigenvalue weighted by Crippen LogP contribution is 2.46. The van der Waals surface area contributed by atoms with E-state index in [9.17, 15) is 4.79 Å². The van der Waals surface area contributed by atoms with Gasteiger partial charge in [0.25, 0.3) is 0 Å². The molecule has 1 aliphatic rings. The van der Waals surface area contributed by atoms with E-state index < -0.39 is 0 Å². The third-order valence-corrected chi connectivity index (χ3v) is 9.00. The summed E-state index contributed by atoms with van der Waals surface area (Å²) in [6.45, 7) is 16.1. The van der Waals surface area contributed by atoms with Gasteiger partial charge in [-0.25, -0.2) is 0 Å². The fourth-order valence-corrected chi connectivity index (χ4v) is 6.13. The van der Waals surface area contributed by atoms with E-state index in [-0.39, 0.29) is 10.8 Å². The van der Waals surface area contributed by atoms with Gasteiger partial charge in [-0.05, 0) is 94.2 Å². The maximum atomic E-state index is 10.3. The van der Waals surface area contributed by atoms with Crippen molar-refractivity contribution in [3.05, 3.63) is 94.5 Å². The van der Waals surface area contributed by atoms with Crippen molar-refractivity contribution in [2.75, 3.05) is 11.5 Å². The zero-order valence-corrected chi connectivity index (χ0v) is 25.2. The Morgan fingerprint density at radius 3 is 1.70 bits per heavy atom. The molecule has 3 aromatic rings. The number of fused-ring (bicyclic) bond motifs is 1. The lowest BCUT2D eigenvalue weighted by atomic mass is 9.63. The van der Waals surface area contributed by atoms with E-state index in [0.29, 0.717) is 0 Å². The molecule has 0 atom stereocenters. The normalized spacial score (nSPS) is 15.8. The molecule has 1 nitrogen and oxygen atoms in total. The Morgan fingerprint density at radius 1 is 0.730 bits per heavy atom. The van der Waals surface area contributed by atoms with Gasteiger partial charge in [0.2, 0.25) is 0 Å². The molecule has 0 amide bonds. The van der Waals surface area contributed by atoms with Crippen molar-refractivity contribution in [3.63, 3.8) is 0 Å². The molecule has 3 aromatic carbocycles. The van der Waals surface area contributed by atoms with Crippen LogP contribution in [0.2, 0.25) is 0 Å². The van der Waals surface area contributed by atoms with Crippen molar-refractivity contribution in [3.8, 4) is 0 Å². The summed E-state index contributed by atoms with van der Waals surface area (Å²) in [5.41, 5.74) is 8.32. The van der Waals surface area contributed by atoms with E-state index in [1.165, 1.54) is 50.5 Å². The van der Waals surface area contributed by atoms with Gasteiger partial charge in [-0.3, -0.25) is 4.79 Å². The maximum absolute atomic E-state index is 10.3. The predicted molar refractivity (Wildman–Crippen MR) is 166 cm³/mol. The second kappa shape index (κ2) is 13.0. The molecule has 0 spiro atoms. The van der Waals surface area contributed by atoms with Crippen LogP contribution in [0.1, 0.15) is 93.9 Å². The lowest BCUT2D eigenvalue weighted by Crippen LogP contribution is -2.33. The van der Waals surface area contributed by atoms with E-state index in [4.69, 9.17) is 0 Å². The molecular formula is C34H42OS2. The molecule has 0 heterocycles. The number of allylic oxidation sites excluding steroid dienone is 1. The highest BCUT2D eigenvalue weighted by molar-refractivity contribution is 7.99. The topological polar surface area (TPSA) is 17.1 Å². The highest BCUT2D eigenvalue weighted by atomic mass is 32.2. The molecule has 0 bridgehead atoms. The summed E-state index contributed by atoms with van der Waals surface area (Å²) in [5, 5.41) is 0. The number of carbonyl (C=O) groups is 1. The number of benzene rings is 3. The molecule has 0 radical (unpaired) electrons. The smallest absolute Gasteiger partial charge is 0.150 e. The first-order valence-corrected chi connectivity index (χ1v) is 15.3. The van der Waals surface area contributed by atoms with Gasteiger partial charge in [-0.15, -0.1) is 23.5 Å². The van der Waals surface area contributed by atoms with Crippen molar-refractivity contribution in [2.45, 2.75) is 81.9 Å². The van der Waals surface area contributed by atoms with E-state index in [2.05, 4.69) is 97.0 Å². The lowest BCUT2D eigenvalue weighted by molar-refractivity contribution is 0.112. The minimum absolute atomic E-state index is 0.264. The van der Waals surface area contributed by atoms with E-state index in [1.54, 1.807) is 11.8 Å². The summed E-state index contributed by atoms with van der Waals surface area (Å²) in [7, 11) is 0. The van der Waals surface area contributed by atoms with Gasteiger partial charge < -0.3 is 0 Å². The van der Waals surface area contributed by atoms with Crippen molar-refractivity contribution in [2.24, 2.45) is 0 Å². The summed E-state index contributed by atoms with van der Waals surface area (Å²) < 4.78 is 0. The van der Waals surface area contributed by atoms with Gasteiger partial charge in [-0.2, -0.15) is 0 Å². The SMILES string of the molecule is CCSc1ccc(/C=C(\C)c2ccc3c(c2)C(C)(C)CCC3(C)C)cc1.CCSc1ccc(C=O)cc1. The van der Waals surface area contributed by atoms with Crippen LogP contribution in [0.4, 0.5) is 0 Å². The third-order valence-electron chi connectivity index (χ3n) is 7.21. The second-order valence-electron chi connectivity index (χ2n) is 11.0. The van der Waals surface area contributed by atoms with Crippen LogP contribution in [-0.2, 0) is 10.8 Å². The number of thioether (sulfide) groups is 2. The average Bonchev–Trinajstić information content (AvgIpc) is 2.89. The first-order chi connectivity index (χ1) is 17.6. The molecule has 1 aliphatic carbocycles. The lowest BCUT2D eigenvalue weighted by Gasteiger charge is -2.42. The number of carbonyl (C=O) groups excluding carboxylic acids is 1. The van der Waals surface area contributed by atoms with Gasteiger partial charge in [0.15, 0.2) is 0 Å². The Labute approximate surface area is 233 Å². The molecule has 0 fully saturated rings. The average molecular weight is 531 g/mol. The summed E-state index contributed by atoms with van der Waals surface area (Å²) in [5.74, 6) is 2.19. The zero-order valence-electron chi connectivity index (χ0n) is 23.6. The summed E-state index contributed by atoms with van der Waals surface area (Å²) >= 11 is 3.67. The summed E-state index contributed by atoms with van der Waals surface area (Å²) in [6.07, 6.45) is 5.70. The monoisotopic (exact) mass is 530 g/mol. The molecule has 37 heavy (non-hydrogen) atoms. The van der Waals surface area contributed by atoms with Gasteiger partial charge in [0.1, 0.15) is 6.29 Å². The van der Waals surface area contributed by atoms with Crippen molar-refractivity contribution >= 4 is 41.5 Å². The Hall–Kier alpha value is -2.23. The third kappa shape index (κ3) is 7.88. The van der Waals surface area contributed by atoms with Crippen molar-refractivity contribution < 1.29 is 4.79 Å². The molecule has 0 aromatic heterocycles. The number of rotatable bonds is 7. The van der Waals surface area contributed by atoms with Gasteiger partial charge in [-0.1, -0.05) is 90.1 Å². The minimum atomic E-state index is 0.264. The van der Waals surface area contributed by atoms with Crippen LogP contribution in [0.3, 0.4) is 0 Å². The molecule has 0 saturated carbocycles. The first kappa shape index (κ1) is 29.3. The first-order valence-electron chi connectivity index (χ1n) is 13.3. The highest BCUT2D eigenvalue weighted by Gasteiger charge is 2.36. The Bertz CT molecular complexity index is 1200. The Kier molecular flexibility index (Phi) is 10.3. The number of hydrogen-bond acceptors (Lipinski definition) is 3. The maximum Gasteiger partial charge on any atom is 0.150 e. The summed E-state index contributed by atoms with van der Waals surface area (Å²) in [6, 6.07) is 23.7. The van der Waals surface area contributed by atoms with E-state index in [1.807, 2.05) is 36.0 Å². The van der Waals surface area contributed by atoms with Crippen LogP contribution in [-0.4, -0.2) is 17.8 Å². The van der Waals surface area contributed by atoms with Crippen LogP contribution in [0.15, 0.2) is 76.5 Å². The van der Waals surface area contributed by atoms with Gasteiger partial charge in [0, 0.05) is 15.4 Å². The van der Waals surface area contributed by atoms with E-state index >= 15 is 0 Å². The van der Waals surface area contributed by atoms with Gasteiger partial charge in [0.05, 0.1) is 0 Å². The molecule has 3 heteroatoms. The predicted octanol–water partition coefficient (Wildman–Crippen LogP) is 10.3. The van der Waals surface area contributed by atoms with Crippen LogP contribution in [0.5, 0.6) is 0 Å². The fraction of sp³-hybridized carbons (Fsp3) is 0.382. The number of hydrogen-bond donors (Lipinski definition) is 0. The standard InChI is InChI=1S/C25H32S.C9H10OS/c1-7-26-21-11-8-19(9-12-21)16-18(2)20-10-13-22-23(17-20)25(5,6)15-14-24(22,3)4;1-2-11-9-5-3-8(7-10)4-6-9/h8-13,16-17H,7,14-15H2,1-6H3;3-7H,2H2,1H3/b18-16+;. The molecule has 4 rings (SSSR count). The van der Waals surface area contributed by atoms with Crippen LogP contribution in [0, 0.1) is 0 Å². The van der Waals surface area contributed by atoms with Crippen molar-refractivity contribution in [1.29, 1.82) is 0 Å². The molecule has 0 saturated heterocycles. The second-order valence-corrected chi connectivity index (χ2v) is 13.7. The zero-order chi connectivity index (χ0) is 27.1. The Balaban J connectivity index is 0.000000289. The van der Waals surface area contributed by atoms with E-state index in [0.717, 1.165) is 23.4 Å². The quantitative estimate of drug-likeness (QED) is 0.172. The van der Waals surface area contributed by atoms with Crippen molar-refractivity contribution in [1.82, 2.24) is 0 Å². The molecule has 0 aliphatic heterocycles. The molecular weight excluding hydrogens is 489 g/mol. The number of aldehydes is 1. The Morgan fingerprint density at radius 2 is 1.22 bits per heavy atom.